The summed E-state index contributed by atoms with van der Waals surface area (Å²) in [5.74, 6) is 2.18. The molecule has 0 saturated carbocycles. The van der Waals surface area contributed by atoms with E-state index in [4.69, 9.17) is 28.4 Å². The molecule has 0 aliphatic carbocycles. The number of hydrogen-bond donors (Lipinski definition) is 0. The maximum atomic E-state index is 5.71. The topological polar surface area (TPSA) is 65.3 Å². The van der Waals surface area contributed by atoms with Crippen LogP contribution in [0.25, 0.3) is 0 Å². The van der Waals surface area contributed by atoms with E-state index in [0.29, 0.717) is 19.8 Å². The van der Waals surface area contributed by atoms with Gasteiger partial charge in [-0.25, -0.2) is 0 Å². The van der Waals surface area contributed by atoms with Gasteiger partial charge in [0.2, 0.25) is 0 Å². The third kappa shape index (κ3) is 4.23. The van der Waals surface area contributed by atoms with E-state index in [2.05, 4.69) is 0 Å². The number of hydrogen-bond acceptors (Lipinski definition) is 6. The molecular weight excluding hydrogens is 276 g/mol. The van der Waals surface area contributed by atoms with Crippen molar-refractivity contribution in [1.29, 1.82) is 0 Å². The average Bonchev–Trinajstić information content (AvgIpc) is 3.38. The maximum Gasteiger partial charge on any atom is 0.126 e. The van der Waals surface area contributed by atoms with Gasteiger partial charge in [0.1, 0.15) is 55.4 Å². The third-order valence-corrected chi connectivity index (χ3v) is 3.37. The summed E-state index contributed by atoms with van der Waals surface area (Å²) in [4.78, 5) is 0. The Morgan fingerprint density at radius 1 is 0.667 bits per heavy atom. The Morgan fingerprint density at radius 2 is 0.952 bits per heavy atom. The first kappa shape index (κ1) is 13.2. The monoisotopic (exact) mass is 294 g/mol. The summed E-state index contributed by atoms with van der Waals surface area (Å²) in [6.07, 6.45) is 0.663. The number of benzene rings is 1. The van der Waals surface area contributed by atoms with Gasteiger partial charge in [-0.1, -0.05) is 0 Å². The van der Waals surface area contributed by atoms with Crippen molar-refractivity contribution in [1.82, 2.24) is 0 Å². The molecule has 6 nitrogen and oxygen atoms in total. The first-order chi connectivity index (χ1) is 10.3. The van der Waals surface area contributed by atoms with E-state index < -0.39 is 0 Å². The van der Waals surface area contributed by atoms with Crippen molar-refractivity contribution in [2.75, 3.05) is 39.6 Å². The first-order valence-electron chi connectivity index (χ1n) is 7.23. The standard InChI is InChI=1S/C15H18O6/c1-10(16-4-13-7-19-13)2-12(18-6-15-9-21-15)3-11(1)17-5-14-8-20-14/h1-3,13-15H,4-9H2. The van der Waals surface area contributed by atoms with Crippen LogP contribution in [0.15, 0.2) is 18.2 Å². The largest absolute Gasteiger partial charge is 0.491 e. The predicted octanol–water partition coefficient (Wildman–Crippen LogP) is 1.02. The van der Waals surface area contributed by atoms with Crippen molar-refractivity contribution < 1.29 is 28.4 Å². The van der Waals surface area contributed by atoms with E-state index in [1.165, 1.54) is 0 Å². The zero-order valence-corrected chi connectivity index (χ0v) is 11.7. The highest BCUT2D eigenvalue weighted by Gasteiger charge is 2.25. The predicted molar refractivity (Wildman–Crippen MR) is 72.1 cm³/mol. The molecule has 3 saturated heterocycles. The van der Waals surface area contributed by atoms with Gasteiger partial charge in [-0.2, -0.15) is 0 Å². The third-order valence-electron chi connectivity index (χ3n) is 3.37. The normalized spacial score (nSPS) is 28.9. The van der Waals surface area contributed by atoms with Gasteiger partial charge in [-0.15, -0.1) is 0 Å². The van der Waals surface area contributed by atoms with Crippen LogP contribution in [0.4, 0.5) is 0 Å². The van der Waals surface area contributed by atoms with Crippen molar-refractivity contribution >= 4 is 0 Å². The lowest BCUT2D eigenvalue weighted by molar-refractivity contribution is 0.242. The van der Waals surface area contributed by atoms with Gasteiger partial charge in [0.15, 0.2) is 0 Å². The molecule has 3 unspecified atom stereocenters. The Labute approximate surface area is 122 Å². The van der Waals surface area contributed by atoms with Crippen LogP contribution in [-0.2, 0) is 14.2 Å². The molecule has 3 fully saturated rings. The van der Waals surface area contributed by atoms with E-state index in [0.717, 1.165) is 37.1 Å². The molecule has 3 atom stereocenters. The number of epoxide rings is 3. The minimum atomic E-state index is 0.221. The molecular formula is C15H18O6. The van der Waals surface area contributed by atoms with E-state index in [1.807, 2.05) is 18.2 Å². The SMILES string of the molecule is c1c(OCC2CO2)cc(OCC2CO2)cc1OCC1CO1. The summed E-state index contributed by atoms with van der Waals surface area (Å²) in [7, 11) is 0. The van der Waals surface area contributed by atoms with Gasteiger partial charge in [-0.05, 0) is 0 Å². The lowest BCUT2D eigenvalue weighted by atomic mass is 10.3. The summed E-state index contributed by atoms with van der Waals surface area (Å²) >= 11 is 0. The lowest BCUT2D eigenvalue weighted by Gasteiger charge is -2.12. The van der Waals surface area contributed by atoms with Gasteiger partial charge in [-0.3, -0.25) is 0 Å². The highest BCUT2D eigenvalue weighted by Crippen LogP contribution is 2.30. The Hall–Kier alpha value is -1.50. The van der Waals surface area contributed by atoms with Gasteiger partial charge in [0, 0.05) is 18.2 Å². The van der Waals surface area contributed by atoms with Gasteiger partial charge in [0.25, 0.3) is 0 Å². The van der Waals surface area contributed by atoms with Gasteiger partial charge in [0.05, 0.1) is 19.8 Å². The van der Waals surface area contributed by atoms with Crippen molar-refractivity contribution in [3.8, 4) is 17.2 Å². The highest BCUT2D eigenvalue weighted by molar-refractivity contribution is 5.42. The second-order valence-corrected chi connectivity index (χ2v) is 5.44. The smallest absolute Gasteiger partial charge is 0.126 e. The van der Waals surface area contributed by atoms with Crippen LogP contribution in [0.3, 0.4) is 0 Å². The molecule has 1 aromatic rings. The molecule has 3 aliphatic heterocycles. The summed E-state index contributed by atoms with van der Waals surface area (Å²) in [6, 6.07) is 5.60. The quantitative estimate of drug-likeness (QED) is 0.634. The number of ether oxygens (including phenoxy) is 6. The van der Waals surface area contributed by atoms with Crippen molar-refractivity contribution in [2.24, 2.45) is 0 Å². The van der Waals surface area contributed by atoms with Crippen LogP contribution in [0.2, 0.25) is 0 Å². The first-order valence-corrected chi connectivity index (χ1v) is 7.23. The van der Waals surface area contributed by atoms with E-state index in [9.17, 15) is 0 Å². The Balaban J connectivity index is 1.40. The van der Waals surface area contributed by atoms with Crippen molar-refractivity contribution in [2.45, 2.75) is 18.3 Å². The minimum Gasteiger partial charge on any atom is -0.491 e. The highest BCUT2D eigenvalue weighted by atomic mass is 16.6. The van der Waals surface area contributed by atoms with E-state index in [-0.39, 0.29) is 18.3 Å². The summed E-state index contributed by atoms with van der Waals surface area (Å²) < 4.78 is 32.6. The molecule has 1 aromatic carbocycles. The lowest BCUT2D eigenvalue weighted by Crippen LogP contribution is -2.08. The zero-order valence-electron chi connectivity index (χ0n) is 11.7. The zero-order chi connectivity index (χ0) is 14.1. The average molecular weight is 294 g/mol. The Kier molecular flexibility index (Phi) is 3.58. The van der Waals surface area contributed by atoms with Crippen LogP contribution in [-0.4, -0.2) is 58.0 Å². The fraction of sp³-hybridized carbons (Fsp3) is 0.600. The van der Waals surface area contributed by atoms with E-state index in [1.54, 1.807) is 0 Å². The van der Waals surface area contributed by atoms with Crippen molar-refractivity contribution in [3.63, 3.8) is 0 Å². The van der Waals surface area contributed by atoms with Crippen LogP contribution >= 0.6 is 0 Å². The fourth-order valence-electron chi connectivity index (χ4n) is 1.86. The molecule has 0 radical (unpaired) electrons. The second-order valence-electron chi connectivity index (χ2n) is 5.44. The van der Waals surface area contributed by atoms with Crippen LogP contribution < -0.4 is 14.2 Å². The molecule has 0 amide bonds. The molecule has 0 aromatic heterocycles. The molecule has 0 N–H and O–H groups in total. The van der Waals surface area contributed by atoms with Gasteiger partial charge >= 0.3 is 0 Å². The number of rotatable bonds is 9. The molecule has 21 heavy (non-hydrogen) atoms. The minimum absolute atomic E-state index is 0.221. The summed E-state index contributed by atoms with van der Waals surface area (Å²) in [5, 5.41) is 0. The van der Waals surface area contributed by atoms with Gasteiger partial charge < -0.3 is 28.4 Å². The molecule has 0 spiro atoms. The fourth-order valence-corrected chi connectivity index (χ4v) is 1.86. The molecule has 114 valence electrons. The molecule has 3 aliphatic rings. The molecule has 6 heteroatoms. The van der Waals surface area contributed by atoms with Crippen molar-refractivity contribution in [3.05, 3.63) is 18.2 Å². The second kappa shape index (κ2) is 5.71. The Bertz CT molecular complexity index is 409. The summed E-state index contributed by atoms with van der Waals surface area (Å²) in [6.45, 7) is 3.99. The van der Waals surface area contributed by atoms with Crippen LogP contribution in [0.1, 0.15) is 0 Å². The maximum absolute atomic E-state index is 5.71. The van der Waals surface area contributed by atoms with Crippen LogP contribution in [0.5, 0.6) is 17.2 Å². The molecule has 3 heterocycles. The van der Waals surface area contributed by atoms with Crippen LogP contribution in [0, 0.1) is 0 Å². The molecule has 0 bridgehead atoms. The van der Waals surface area contributed by atoms with E-state index >= 15 is 0 Å². The Morgan fingerprint density at radius 3 is 1.19 bits per heavy atom. The molecule has 4 rings (SSSR count). The summed E-state index contributed by atoms with van der Waals surface area (Å²) in [5.41, 5.74) is 0.